The summed E-state index contributed by atoms with van der Waals surface area (Å²) in [5, 5.41) is 0. The van der Waals surface area contributed by atoms with Crippen molar-refractivity contribution in [2.45, 2.75) is 33.2 Å². The number of hydrogen-bond donors (Lipinski definition) is 1. The summed E-state index contributed by atoms with van der Waals surface area (Å²) in [6, 6.07) is 6.21. The van der Waals surface area contributed by atoms with Crippen molar-refractivity contribution in [3.8, 4) is 5.75 Å². The number of ether oxygens (including phenoxy) is 1. The van der Waals surface area contributed by atoms with Gasteiger partial charge in [-0.15, -0.1) is 0 Å². The molecule has 1 saturated heterocycles. The fraction of sp³-hybridized carbons (Fsp3) is 0.625. The van der Waals surface area contributed by atoms with Gasteiger partial charge in [0.15, 0.2) is 0 Å². The van der Waals surface area contributed by atoms with E-state index in [1.165, 1.54) is 12.1 Å². The van der Waals surface area contributed by atoms with Crippen LogP contribution in [0.1, 0.15) is 38.8 Å². The summed E-state index contributed by atoms with van der Waals surface area (Å²) < 4.78 is 5.48. The summed E-state index contributed by atoms with van der Waals surface area (Å²) in [4.78, 5) is 2.46. The molecule has 2 rings (SSSR count). The smallest absolute Gasteiger partial charge is 0.125 e. The van der Waals surface area contributed by atoms with Crippen molar-refractivity contribution in [3.63, 3.8) is 0 Å². The Hall–Kier alpha value is -1.22. The Bertz CT molecular complexity index is 431. The highest BCUT2D eigenvalue weighted by Crippen LogP contribution is 2.36. The molecule has 1 heterocycles. The summed E-state index contributed by atoms with van der Waals surface area (Å²) in [5.41, 5.74) is 8.53. The number of anilines is 1. The lowest BCUT2D eigenvalue weighted by atomic mass is 9.88. The fourth-order valence-electron chi connectivity index (χ4n) is 2.93. The molecular weight excluding hydrogens is 236 g/mol. The number of nitrogens with zero attached hydrogens (tertiary/aromatic N) is 1. The maximum atomic E-state index is 6.15. The zero-order valence-electron chi connectivity index (χ0n) is 12.5. The van der Waals surface area contributed by atoms with E-state index in [2.05, 4.69) is 30.9 Å². The Morgan fingerprint density at radius 3 is 2.63 bits per heavy atom. The van der Waals surface area contributed by atoms with E-state index in [1.807, 2.05) is 13.0 Å². The van der Waals surface area contributed by atoms with Crippen molar-refractivity contribution < 1.29 is 4.74 Å². The SMILES string of the molecule is COc1cccc(N2CCC(C)C(C)C2)c1[C@@H](C)N. The van der Waals surface area contributed by atoms with Crippen LogP contribution in [-0.4, -0.2) is 20.2 Å². The van der Waals surface area contributed by atoms with Gasteiger partial charge < -0.3 is 15.4 Å². The topological polar surface area (TPSA) is 38.5 Å². The van der Waals surface area contributed by atoms with Gasteiger partial charge >= 0.3 is 0 Å². The van der Waals surface area contributed by atoms with Gasteiger partial charge in [-0.1, -0.05) is 19.9 Å². The van der Waals surface area contributed by atoms with Crippen LogP contribution in [0.4, 0.5) is 5.69 Å². The van der Waals surface area contributed by atoms with Crippen LogP contribution in [0.25, 0.3) is 0 Å². The summed E-state index contributed by atoms with van der Waals surface area (Å²) in [5.74, 6) is 2.43. The van der Waals surface area contributed by atoms with Crippen LogP contribution in [0.5, 0.6) is 5.75 Å². The van der Waals surface area contributed by atoms with Gasteiger partial charge in [-0.3, -0.25) is 0 Å². The predicted molar refractivity (Wildman–Crippen MR) is 80.8 cm³/mol. The predicted octanol–water partition coefficient (Wildman–Crippen LogP) is 3.20. The molecule has 0 saturated carbocycles. The van der Waals surface area contributed by atoms with Crippen molar-refractivity contribution in [1.82, 2.24) is 0 Å². The molecular formula is C16H26N2O. The fourth-order valence-corrected chi connectivity index (χ4v) is 2.93. The third kappa shape index (κ3) is 2.86. The number of nitrogens with two attached hydrogens (primary N) is 1. The molecule has 3 nitrogen and oxygen atoms in total. The minimum atomic E-state index is -0.0131. The van der Waals surface area contributed by atoms with Crippen molar-refractivity contribution in [2.24, 2.45) is 17.6 Å². The van der Waals surface area contributed by atoms with Crippen molar-refractivity contribution in [2.75, 3.05) is 25.1 Å². The van der Waals surface area contributed by atoms with Crippen LogP contribution in [0.15, 0.2) is 18.2 Å². The second kappa shape index (κ2) is 5.83. The molecule has 1 aliphatic heterocycles. The van der Waals surface area contributed by atoms with E-state index in [4.69, 9.17) is 10.5 Å². The maximum Gasteiger partial charge on any atom is 0.125 e. The molecule has 3 heteroatoms. The molecule has 0 radical (unpaired) electrons. The number of hydrogen-bond acceptors (Lipinski definition) is 3. The largest absolute Gasteiger partial charge is 0.496 e. The first-order chi connectivity index (χ1) is 9.04. The number of benzene rings is 1. The molecule has 0 amide bonds. The standard InChI is InChI=1S/C16H26N2O/c1-11-8-9-18(10-12(11)2)14-6-5-7-15(19-4)16(14)13(3)17/h5-7,11-13H,8-10,17H2,1-4H3/t11?,12?,13-/m1/s1. The number of methoxy groups -OCH3 is 1. The van der Waals surface area contributed by atoms with E-state index < -0.39 is 0 Å². The van der Waals surface area contributed by atoms with Crippen molar-refractivity contribution in [1.29, 1.82) is 0 Å². The van der Waals surface area contributed by atoms with Crippen LogP contribution in [0.2, 0.25) is 0 Å². The Kier molecular flexibility index (Phi) is 4.35. The first-order valence-corrected chi connectivity index (χ1v) is 7.22. The van der Waals surface area contributed by atoms with Gasteiger partial charge in [0, 0.05) is 30.4 Å². The molecule has 1 fully saturated rings. The third-order valence-corrected chi connectivity index (χ3v) is 4.39. The average Bonchev–Trinajstić information content (AvgIpc) is 2.40. The van der Waals surface area contributed by atoms with Gasteiger partial charge in [0.25, 0.3) is 0 Å². The first-order valence-electron chi connectivity index (χ1n) is 7.22. The summed E-state index contributed by atoms with van der Waals surface area (Å²) in [6.45, 7) is 8.92. The second-order valence-electron chi connectivity index (χ2n) is 5.87. The van der Waals surface area contributed by atoms with Crippen LogP contribution in [0, 0.1) is 11.8 Å². The van der Waals surface area contributed by atoms with Crippen LogP contribution < -0.4 is 15.4 Å². The monoisotopic (exact) mass is 262 g/mol. The third-order valence-electron chi connectivity index (χ3n) is 4.39. The molecule has 0 aromatic heterocycles. The lowest BCUT2D eigenvalue weighted by Crippen LogP contribution is -2.39. The van der Waals surface area contributed by atoms with Crippen LogP contribution in [-0.2, 0) is 0 Å². The molecule has 0 bridgehead atoms. The molecule has 0 spiro atoms. The van der Waals surface area contributed by atoms with E-state index in [0.717, 1.165) is 36.2 Å². The van der Waals surface area contributed by atoms with Gasteiger partial charge in [0.2, 0.25) is 0 Å². The van der Waals surface area contributed by atoms with E-state index >= 15 is 0 Å². The minimum Gasteiger partial charge on any atom is -0.496 e. The Morgan fingerprint density at radius 2 is 2.05 bits per heavy atom. The van der Waals surface area contributed by atoms with Crippen molar-refractivity contribution >= 4 is 5.69 Å². The van der Waals surface area contributed by atoms with E-state index in [-0.39, 0.29) is 6.04 Å². The zero-order valence-corrected chi connectivity index (χ0v) is 12.5. The normalized spacial score (nSPS) is 25.2. The van der Waals surface area contributed by atoms with Gasteiger partial charge in [-0.05, 0) is 37.3 Å². The maximum absolute atomic E-state index is 6.15. The molecule has 1 aromatic rings. The van der Waals surface area contributed by atoms with Gasteiger partial charge in [0.1, 0.15) is 5.75 Å². The second-order valence-corrected chi connectivity index (χ2v) is 5.87. The molecule has 2 N–H and O–H groups in total. The van der Waals surface area contributed by atoms with E-state index in [0.29, 0.717) is 0 Å². The van der Waals surface area contributed by atoms with Gasteiger partial charge in [0.05, 0.1) is 7.11 Å². The molecule has 3 atom stereocenters. The van der Waals surface area contributed by atoms with Gasteiger partial charge in [-0.2, -0.15) is 0 Å². The summed E-state index contributed by atoms with van der Waals surface area (Å²) in [6.07, 6.45) is 1.25. The molecule has 106 valence electrons. The van der Waals surface area contributed by atoms with Crippen LogP contribution in [0.3, 0.4) is 0 Å². The quantitative estimate of drug-likeness (QED) is 0.909. The number of rotatable bonds is 3. The van der Waals surface area contributed by atoms with Crippen molar-refractivity contribution in [3.05, 3.63) is 23.8 Å². The van der Waals surface area contributed by atoms with E-state index in [1.54, 1.807) is 7.11 Å². The molecule has 2 unspecified atom stereocenters. The lowest BCUT2D eigenvalue weighted by molar-refractivity contribution is 0.323. The molecule has 0 aliphatic carbocycles. The van der Waals surface area contributed by atoms with E-state index in [9.17, 15) is 0 Å². The lowest BCUT2D eigenvalue weighted by Gasteiger charge is -2.38. The Balaban J connectivity index is 2.34. The van der Waals surface area contributed by atoms with Crippen LogP contribution >= 0.6 is 0 Å². The highest BCUT2D eigenvalue weighted by Gasteiger charge is 2.25. The Morgan fingerprint density at radius 1 is 1.32 bits per heavy atom. The molecule has 19 heavy (non-hydrogen) atoms. The highest BCUT2D eigenvalue weighted by atomic mass is 16.5. The first kappa shape index (κ1) is 14.2. The highest BCUT2D eigenvalue weighted by molar-refractivity contribution is 5.61. The molecule has 1 aliphatic rings. The minimum absolute atomic E-state index is 0.0131. The number of piperidine rings is 1. The van der Waals surface area contributed by atoms with Gasteiger partial charge in [-0.25, -0.2) is 0 Å². The zero-order chi connectivity index (χ0) is 14.0. The molecule has 1 aromatic carbocycles. The summed E-state index contributed by atoms with van der Waals surface area (Å²) >= 11 is 0. The Labute approximate surface area is 116 Å². The average molecular weight is 262 g/mol. The summed E-state index contributed by atoms with van der Waals surface area (Å²) in [7, 11) is 1.71.